The molecule has 33 heavy (non-hydrogen) atoms. The number of rotatable bonds is 7. The Bertz CT molecular complexity index is 1220. The van der Waals surface area contributed by atoms with Gasteiger partial charge in [-0.25, -0.2) is 4.98 Å². The maximum absolute atomic E-state index is 13.1. The van der Waals surface area contributed by atoms with Crippen LogP contribution in [0.3, 0.4) is 0 Å². The molecule has 1 amide bonds. The number of aliphatic hydroxyl groups is 1. The molecule has 1 N–H and O–H groups in total. The molecule has 1 saturated heterocycles. The van der Waals surface area contributed by atoms with Crippen molar-refractivity contribution in [2.75, 3.05) is 13.7 Å². The Morgan fingerprint density at radius 1 is 1.12 bits per heavy atom. The maximum atomic E-state index is 13.1. The highest BCUT2D eigenvalue weighted by Crippen LogP contribution is 2.41. The van der Waals surface area contributed by atoms with Gasteiger partial charge in [0.25, 0.3) is 11.7 Å². The number of Topliss-reactive ketones (excluding diaryl/α,β-unsaturated/α-hetero) is 1. The number of aliphatic hydroxyl groups excluding tert-OH is 1. The summed E-state index contributed by atoms with van der Waals surface area (Å²) in [7, 11) is 1.51. The Balaban J connectivity index is 1.76. The fourth-order valence-corrected chi connectivity index (χ4v) is 4.21. The molecule has 1 atom stereocenters. The average Bonchev–Trinajstić information content (AvgIpc) is 3.43. The van der Waals surface area contributed by atoms with E-state index in [1.807, 2.05) is 10.8 Å². The van der Waals surface area contributed by atoms with Crippen LogP contribution in [-0.4, -0.2) is 44.9 Å². The van der Waals surface area contributed by atoms with Crippen LogP contribution >= 0.6 is 23.2 Å². The highest BCUT2D eigenvalue weighted by molar-refractivity contribution is 6.46. The molecule has 0 spiro atoms. The number of halogens is 2. The highest BCUT2D eigenvalue weighted by atomic mass is 35.5. The van der Waals surface area contributed by atoms with Gasteiger partial charge >= 0.3 is 0 Å². The van der Waals surface area contributed by atoms with Gasteiger partial charge in [-0.1, -0.05) is 41.4 Å². The Morgan fingerprint density at radius 3 is 2.64 bits per heavy atom. The SMILES string of the molecule is COc1cccc(/C(O)=C2\C(=O)C(=O)N(CCCn3ccnc3)C2c2ccc(Cl)c(Cl)c2)c1. The molecule has 1 aliphatic rings. The minimum atomic E-state index is -0.811. The fraction of sp³-hybridized carbons (Fsp3) is 0.208. The second kappa shape index (κ2) is 9.68. The van der Waals surface area contributed by atoms with E-state index in [4.69, 9.17) is 27.9 Å². The number of methoxy groups -OCH3 is 1. The summed E-state index contributed by atoms with van der Waals surface area (Å²) >= 11 is 12.3. The van der Waals surface area contributed by atoms with E-state index in [-0.39, 0.29) is 11.3 Å². The minimum absolute atomic E-state index is 0.00530. The van der Waals surface area contributed by atoms with Crippen LogP contribution in [0.15, 0.2) is 66.8 Å². The number of benzene rings is 2. The lowest BCUT2D eigenvalue weighted by atomic mass is 9.95. The molecule has 0 radical (unpaired) electrons. The second-order valence-electron chi connectivity index (χ2n) is 7.55. The molecule has 1 aromatic heterocycles. The lowest BCUT2D eigenvalue weighted by Crippen LogP contribution is -2.31. The van der Waals surface area contributed by atoms with Crippen LogP contribution in [0.25, 0.3) is 5.76 Å². The van der Waals surface area contributed by atoms with Crippen LogP contribution in [0.5, 0.6) is 5.75 Å². The van der Waals surface area contributed by atoms with Gasteiger partial charge in [-0.3, -0.25) is 9.59 Å². The van der Waals surface area contributed by atoms with Gasteiger partial charge in [0, 0.05) is 31.0 Å². The molecule has 0 aliphatic carbocycles. The van der Waals surface area contributed by atoms with Crippen LogP contribution < -0.4 is 4.74 Å². The van der Waals surface area contributed by atoms with Crippen molar-refractivity contribution in [3.8, 4) is 5.75 Å². The predicted octanol–water partition coefficient (Wildman–Crippen LogP) is 4.71. The number of ketones is 1. The van der Waals surface area contributed by atoms with E-state index in [0.29, 0.717) is 46.4 Å². The first-order valence-electron chi connectivity index (χ1n) is 10.2. The lowest BCUT2D eigenvalue weighted by molar-refractivity contribution is -0.139. The number of imidazole rings is 1. The number of aryl methyl sites for hydroxylation is 1. The lowest BCUT2D eigenvalue weighted by Gasteiger charge is -2.25. The van der Waals surface area contributed by atoms with Crippen molar-refractivity contribution in [2.45, 2.75) is 19.0 Å². The molecule has 1 unspecified atom stereocenters. The molecule has 9 heteroatoms. The molecule has 1 aliphatic heterocycles. The van der Waals surface area contributed by atoms with E-state index in [0.717, 1.165) is 0 Å². The number of hydrogen-bond donors (Lipinski definition) is 1. The number of hydrogen-bond acceptors (Lipinski definition) is 5. The third-order valence-electron chi connectivity index (χ3n) is 5.52. The Kier molecular flexibility index (Phi) is 6.72. The molecule has 1 fully saturated rings. The third kappa shape index (κ3) is 4.60. The van der Waals surface area contributed by atoms with Crippen molar-refractivity contribution < 1.29 is 19.4 Å². The molecule has 0 bridgehead atoms. The summed E-state index contributed by atoms with van der Waals surface area (Å²) < 4.78 is 7.12. The van der Waals surface area contributed by atoms with Crippen molar-refractivity contribution in [3.63, 3.8) is 0 Å². The van der Waals surface area contributed by atoms with Crippen LogP contribution in [0.2, 0.25) is 10.0 Å². The van der Waals surface area contributed by atoms with E-state index < -0.39 is 17.7 Å². The molecule has 2 aromatic carbocycles. The zero-order valence-corrected chi connectivity index (χ0v) is 19.3. The van der Waals surface area contributed by atoms with Crippen molar-refractivity contribution in [2.24, 2.45) is 0 Å². The number of carbonyl (C=O) groups excluding carboxylic acids is 2. The molecule has 2 heterocycles. The Labute approximate surface area is 200 Å². The van der Waals surface area contributed by atoms with Gasteiger partial charge in [0.1, 0.15) is 11.5 Å². The number of aromatic nitrogens is 2. The van der Waals surface area contributed by atoms with Crippen molar-refractivity contribution in [3.05, 3.63) is 87.9 Å². The standard InChI is InChI=1S/C24H21Cl2N3O4/c1-33-17-5-2-4-16(12-17)22(30)20-21(15-6-7-18(25)19(26)13-15)29(24(32)23(20)31)10-3-9-28-11-8-27-14-28/h2,4-8,11-14,21,30H,3,9-10H2,1H3/b22-20+. The van der Waals surface area contributed by atoms with Crippen LogP contribution in [0, 0.1) is 0 Å². The first kappa shape index (κ1) is 22.9. The topological polar surface area (TPSA) is 84.7 Å². The van der Waals surface area contributed by atoms with E-state index in [1.54, 1.807) is 55.0 Å². The quantitative estimate of drug-likeness (QED) is 0.297. The monoisotopic (exact) mass is 485 g/mol. The van der Waals surface area contributed by atoms with E-state index in [1.165, 1.54) is 12.0 Å². The summed E-state index contributed by atoms with van der Waals surface area (Å²) in [5.74, 6) is -1.20. The van der Waals surface area contributed by atoms with Gasteiger partial charge in [0.2, 0.25) is 0 Å². The number of carbonyl (C=O) groups is 2. The highest BCUT2D eigenvalue weighted by Gasteiger charge is 2.45. The van der Waals surface area contributed by atoms with Crippen molar-refractivity contribution >= 4 is 40.7 Å². The van der Waals surface area contributed by atoms with E-state index in [9.17, 15) is 14.7 Å². The van der Waals surface area contributed by atoms with E-state index in [2.05, 4.69) is 4.98 Å². The first-order chi connectivity index (χ1) is 15.9. The smallest absolute Gasteiger partial charge is 0.295 e. The number of likely N-dealkylation sites (tertiary alicyclic amines) is 1. The Hall–Kier alpha value is -3.29. The summed E-state index contributed by atoms with van der Waals surface area (Å²) in [5, 5.41) is 11.8. The maximum Gasteiger partial charge on any atom is 0.295 e. The first-order valence-corrected chi connectivity index (χ1v) is 11.0. The van der Waals surface area contributed by atoms with Gasteiger partial charge in [-0.05, 0) is 36.2 Å². The van der Waals surface area contributed by atoms with E-state index >= 15 is 0 Å². The normalized spacial score (nSPS) is 17.5. The van der Waals surface area contributed by atoms with Gasteiger partial charge < -0.3 is 19.3 Å². The zero-order valence-electron chi connectivity index (χ0n) is 17.7. The minimum Gasteiger partial charge on any atom is -0.507 e. The van der Waals surface area contributed by atoms with Gasteiger partial charge in [-0.15, -0.1) is 0 Å². The summed E-state index contributed by atoms with van der Waals surface area (Å²) in [6.07, 6.45) is 5.77. The average molecular weight is 486 g/mol. The van der Waals surface area contributed by atoms with Crippen molar-refractivity contribution in [1.29, 1.82) is 0 Å². The molecule has 0 saturated carbocycles. The second-order valence-corrected chi connectivity index (χ2v) is 8.37. The van der Waals surface area contributed by atoms with Gasteiger partial charge in [0.15, 0.2) is 0 Å². The van der Waals surface area contributed by atoms with Crippen LogP contribution in [0.4, 0.5) is 0 Å². The molecule has 170 valence electrons. The largest absolute Gasteiger partial charge is 0.507 e. The summed E-state index contributed by atoms with van der Waals surface area (Å²) in [5.41, 5.74) is 0.945. The third-order valence-corrected chi connectivity index (χ3v) is 6.26. The number of amides is 1. The predicted molar refractivity (Wildman–Crippen MR) is 125 cm³/mol. The van der Waals surface area contributed by atoms with Crippen LogP contribution in [0.1, 0.15) is 23.6 Å². The van der Waals surface area contributed by atoms with Gasteiger partial charge in [-0.2, -0.15) is 0 Å². The van der Waals surface area contributed by atoms with Crippen LogP contribution in [-0.2, 0) is 16.1 Å². The van der Waals surface area contributed by atoms with Crippen molar-refractivity contribution in [1.82, 2.24) is 14.5 Å². The summed E-state index contributed by atoms with van der Waals surface area (Å²) in [4.78, 5) is 31.6. The molecule has 7 nitrogen and oxygen atoms in total. The fourth-order valence-electron chi connectivity index (χ4n) is 3.91. The number of nitrogens with zero attached hydrogens (tertiary/aromatic N) is 3. The zero-order chi connectivity index (χ0) is 23.5. The molecular weight excluding hydrogens is 465 g/mol. The summed E-state index contributed by atoms with van der Waals surface area (Å²) in [6.45, 7) is 0.912. The van der Waals surface area contributed by atoms with Gasteiger partial charge in [0.05, 0.1) is 35.1 Å². The molecular formula is C24H21Cl2N3O4. The summed E-state index contributed by atoms with van der Waals surface area (Å²) in [6, 6.07) is 10.8. The molecule has 3 aromatic rings. The number of ether oxygens (including phenoxy) is 1. The Morgan fingerprint density at radius 2 is 1.94 bits per heavy atom. The molecule has 4 rings (SSSR count).